The molecule has 0 spiro atoms. The Morgan fingerprint density at radius 1 is 1.15 bits per heavy atom. The van der Waals surface area contributed by atoms with Gasteiger partial charge in [-0.1, -0.05) is 37.8 Å². The number of carboxylic acid groups (broad SMARTS) is 1. The summed E-state index contributed by atoms with van der Waals surface area (Å²) in [7, 11) is 2.16. The molecule has 1 aliphatic rings. The summed E-state index contributed by atoms with van der Waals surface area (Å²) in [6.07, 6.45) is 8.29. The molecule has 0 aliphatic heterocycles. The van der Waals surface area contributed by atoms with E-state index in [0.29, 0.717) is 5.56 Å². The zero-order chi connectivity index (χ0) is 14.4. The van der Waals surface area contributed by atoms with Crippen molar-refractivity contribution in [1.82, 2.24) is 4.90 Å². The van der Waals surface area contributed by atoms with Crippen LogP contribution in [-0.2, 0) is 6.54 Å². The van der Waals surface area contributed by atoms with Crippen LogP contribution in [0.25, 0.3) is 0 Å². The third kappa shape index (κ3) is 4.64. The van der Waals surface area contributed by atoms with Gasteiger partial charge in [0.15, 0.2) is 0 Å². The summed E-state index contributed by atoms with van der Waals surface area (Å²) in [6.45, 7) is 2.05. The third-order valence-corrected chi connectivity index (χ3v) is 4.20. The molecule has 20 heavy (non-hydrogen) atoms. The quantitative estimate of drug-likeness (QED) is 0.831. The van der Waals surface area contributed by atoms with Crippen molar-refractivity contribution >= 4 is 5.97 Å². The van der Waals surface area contributed by atoms with Crippen molar-refractivity contribution in [2.45, 2.75) is 45.1 Å². The highest BCUT2D eigenvalue weighted by Crippen LogP contribution is 2.23. The molecule has 1 N–H and O–H groups in total. The van der Waals surface area contributed by atoms with E-state index in [4.69, 9.17) is 5.11 Å². The smallest absolute Gasteiger partial charge is 0.335 e. The van der Waals surface area contributed by atoms with Crippen LogP contribution >= 0.6 is 0 Å². The molecule has 0 saturated heterocycles. The predicted molar refractivity (Wildman–Crippen MR) is 80.9 cm³/mol. The van der Waals surface area contributed by atoms with Gasteiger partial charge in [0, 0.05) is 13.1 Å². The van der Waals surface area contributed by atoms with Gasteiger partial charge in [-0.3, -0.25) is 0 Å². The maximum absolute atomic E-state index is 10.8. The van der Waals surface area contributed by atoms with Crippen LogP contribution in [0.4, 0.5) is 0 Å². The van der Waals surface area contributed by atoms with Crippen molar-refractivity contribution in [3.63, 3.8) is 0 Å². The summed E-state index contributed by atoms with van der Waals surface area (Å²) >= 11 is 0. The van der Waals surface area contributed by atoms with E-state index in [2.05, 4.69) is 11.9 Å². The van der Waals surface area contributed by atoms with Crippen LogP contribution in [0.2, 0.25) is 0 Å². The van der Waals surface area contributed by atoms with Crippen LogP contribution in [0.15, 0.2) is 24.3 Å². The van der Waals surface area contributed by atoms with E-state index >= 15 is 0 Å². The number of nitrogens with zero attached hydrogens (tertiary/aromatic N) is 1. The van der Waals surface area contributed by atoms with Gasteiger partial charge < -0.3 is 10.0 Å². The summed E-state index contributed by atoms with van der Waals surface area (Å²) in [6, 6.07) is 7.23. The highest BCUT2D eigenvalue weighted by atomic mass is 16.4. The molecule has 3 heteroatoms. The minimum Gasteiger partial charge on any atom is -0.478 e. The van der Waals surface area contributed by atoms with E-state index in [1.807, 2.05) is 12.1 Å². The molecule has 0 aromatic heterocycles. The van der Waals surface area contributed by atoms with E-state index in [9.17, 15) is 4.79 Å². The molecule has 1 fully saturated rings. The van der Waals surface area contributed by atoms with Crippen molar-refractivity contribution in [1.29, 1.82) is 0 Å². The maximum Gasteiger partial charge on any atom is 0.335 e. The molecule has 110 valence electrons. The van der Waals surface area contributed by atoms with Gasteiger partial charge in [-0.15, -0.1) is 0 Å². The Bertz CT molecular complexity index is 419. The second-order valence-electron chi connectivity index (χ2n) is 6.06. The van der Waals surface area contributed by atoms with E-state index in [1.165, 1.54) is 44.1 Å². The summed E-state index contributed by atoms with van der Waals surface area (Å²) in [5, 5.41) is 8.89. The minimum absolute atomic E-state index is 0.361. The van der Waals surface area contributed by atoms with Crippen molar-refractivity contribution < 1.29 is 9.90 Å². The number of hydrogen-bond acceptors (Lipinski definition) is 2. The number of hydrogen-bond donors (Lipinski definition) is 1. The van der Waals surface area contributed by atoms with Gasteiger partial charge in [-0.25, -0.2) is 4.79 Å². The first-order valence-corrected chi connectivity index (χ1v) is 7.66. The normalized spacial score (nSPS) is 17.1. The summed E-state index contributed by atoms with van der Waals surface area (Å²) in [5.41, 5.74) is 1.55. The predicted octanol–water partition coefficient (Wildman–Crippen LogP) is 3.79. The van der Waals surface area contributed by atoms with Crippen molar-refractivity contribution in [2.24, 2.45) is 5.92 Å². The zero-order valence-corrected chi connectivity index (χ0v) is 12.3. The molecule has 2 rings (SSSR count). The molecular weight excluding hydrogens is 250 g/mol. The van der Waals surface area contributed by atoms with Gasteiger partial charge in [0.2, 0.25) is 0 Å². The molecule has 1 aromatic carbocycles. The van der Waals surface area contributed by atoms with Crippen molar-refractivity contribution in [3.05, 3.63) is 35.4 Å². The maximum atomic E-state index is 10.8. The molecule has 0 bridgehead atoms. The Morgan fingerprint density at radius 3 is 2.30 bits per heavy atom. The highest BCUT2D eigenvalue weighted by molar-refractivity contribution is 5.87. The number of rotatable bonds is 5. The van der Waals surface area contributed by atoms with E-state index in [-0.39, 0.29) is 0 Å². The topological polar surface area (TPSA) is 40.5 Å². The standard InChI is InChI=1S/C17H25NO2/c1-18(12-14-6-4-2-3-5-7-14)13-15-8-10-16(11-9-15)17(19)20/h8-11,14H,2-7,12-13H2,1H3,(H,19,20). The fourth-order valence-electron chi connectivity index (χ4n) is 3.12. The first-order valence-electron chi connectivity index (χ1n) is 7.66. The van der Waals surface area contributed by atoms with Gasteiger partial charge in [0.25, 0.3) is 0 Å². The van der Waals surface area contributed by atoms with Crippen LogP contribution in [-0.4, -0.2) is 29.6 Å². The second kappa shape index (κ2) is 7.44. The summed E-state index contributed by atoms with van der Waals surface area (Å²) in [5.74, 6) is -0.0239. The van der Waals surface area contributed by atoms with Crippen LogP contribution in [0.3, 0.4) is 0 Å². The molecule has 0 atom stereocenters. The molecule has 0 amide bonds. The average molecular weight is 275 g/mol. The molecular formula is C17H25NO2. The van der Waals surface area contributed by atoms with Gasteiger partial charge in [-0.2, -0.15) is 0 Å². The van der Waals surface area contributed by atoms with Gasteiger partial charge >= 0.3 is 5.97 Å². The monoisotopic (exact) mass is 275 g/mol. The molecule has 0 heterocycles. The first-order chi connectivity index (χ1) is 9.65. The number of carboxylic acids is 1. The highest BCUT2D eigenvalue weighted by Gasteiger charge is 2.14. The Morgan fingerprint density at radius 2 is 1.75 bits per heavy atom. The Kier molecular flexibility index (Phi) is 5.60. The molecule has 0 radical (unpaired) electrons. The molecule has 0 unspecified atom stereocenters. The fraction of sp³-hybridized carbons (Fsp3) is 0.588. The number of benzene rings is 1. The lowest BCUT2D eigenvalue weighted by Gasteiger charge is -2.23. The van der Waals surface area contributed by atoms with E-state index in [0.717, 1.165) is 19.0 Å². The van der Waals surface area contributed by atoms with Gasteiger partial charge in [0.1, 0.15) is 0 Å². The second-order valence-corrected chi connectivity index (χ2v) is 6.06. The lowest BCUT2D eigenvalue weighted by molar-refractivity contribution is 0.0697. The lowest BCUT2D eigenvalue weighted by atomic mass is 9.99. The molecule has 1 aliphatic carbocycles. The Labute approximate surface area is 121 Å². The van der Waals surface area contributed by atoms with E-state index < -0.39 is 5.97 Å². The summed E-state index contributed by atoms with van der Waals surface area (Å²) in [4.78, 5) is 13.2. The van der Waals surface area contributed by atoms with Crippen LogP contribution < -0.4 is 0 Å². The number of carbonyl (C=O) groups is 1. The minimum atomic E-state index is -0.858. The zero-order valence-electron chi connectivity index (χ0n) is 12.3. The fourth-order valence-corrected chi connectivity index (χ4v) is 3.12. The molecule has 1 saturated carbocycles. The molecule has 3 nitrogen and oxygen atoms in total. The van der Waals surface area contributed by atoms with Crippen molar-refractivity contribution in [3.8, 4) is 0 Å². The van der Waals surface area contributed by atoms with E-state index in [1.54, 1.807) is 12.1 Å². The first kappa shape index (κ1) is 15.0. The van der Waals surface area contributed by atoms with Crippen LogP contribution in [0.5, 0.6) is 0 Å². The van der Waals surface area contributed by atoms with Crippen LogP contribution in [0, 0.1) is 5.92 Å². The SMILES string of the molecule is CN(Cc1ccc(C(=O)O)cc1)CC1CCCCCC1. The third-order valence-electron chi connectivity index (χ3n) is 4.20. The lowest BCUT2D eigenvalue weighted by Crippen LogP contribution is -2.25. The molecule has 1 aromatic rings. The Hall–Kier alpha value is -1.35. The largest absolute Gasteiger partial charge is 0.478 e. The van der Waals surface area contributed by atoms with Crippen LogP contribution in [0.1, 0.15) is 54.4 Å². The van der Waals surface area contributed by atoms with Crippen molar-refractivity contribution in [2.75, 3.05) is 13.6 Å². The Balaban J connectivity index is 1.83. The summed E-state index contributed by atoms with van der Waals surface area (Å²) < 4.78 is 0. The van der Waals surface area contributed by atoms with Gasteiger partial charge in [0.05, 0.1) is 5.56 Å². The number of aromatic carboxylic acids is 1. The van der Waals surface area contributed by atoms with Gasteiger partial charge in [-0.05, 0) is 43.5 Å². The average Bonchev–Trinajstić information content (AvgIpc) is 2.68.